The van der Waals surface area contributed by atoms with Crippen LogP contribution in [0.1, 0.15) is 22.9 Å². The monoisotopic (exact) mass is 342 g/mol. The average molecular weight is 342 g/mol. The zero-order chi connectivity index (χ0) is 17.7. The first kappa shape index (κ1) is 17.8. The molecule has 1 atom stereocenters. The van der Waals surface area contributed by atoms with E-state index in [1.807, 2.05) is 0 Å². The first-order valence-electron chi connectivity index (χ1n) is 7.11. The molecule has 0 aliphatic heterocycles. The predicted molar refractivity (Wildman–Crippen MR) is 79.9 cm³/mol. The Balaban J connectivity index is 1.99. The summed E-state index contributed by atoms with van der Waals surface area (Å²) in [6, 6.07) is 7.41. The maximum absolute atomic E-state index is 12.8. The number of alkyl halides is 3. The lowest BCUT2D eigenvalue weighted by Crippen LogP contribution is -2.39. The molecule has 1 aromatic heterocycles. The summed E-state index contributed by atoms with van der Waals surface area (Å²) < 4.78 is 39.5. The van der Waals surface area contributed by atoms with Crippen molar-refractivity contribution >= 4 is 6.03 Å². The van der Waals surface area contributed by atoms with Gasteiger partial charge in [0.1, 0.15) is 0 Å². The van der Waals surface area contributed by atoms with Crippen molar-refractivity contribution in [2.45, 2.75) is 18.8 Å². The van der Waals surface area contributed by atoms with Crippen LogP contribution in [0.3, 0.4) is 0 Å². The van der Waals surface area contributed by atoms with E-state index in [1.54, 1.807) is 30.3 Å². The number of carbonyl (C=O) groups excluding carboxylic acids is 1. The van der Waals surface area contributed by atoms with Crippen LogP contribution in [-0.4, -0.2) is 27.5 Å². The fourth-order valence-corrected chi connectivity index (χ4v) is 2.21. The van der Waals surface area contributed by atoms with E-state index >= 15 is 0 Å². The molecule has 1 unspecified atom stereocenters. The summed E-state index contributed by atoms with van der Waals surface area (Å²) in [5.74, 6) is 0. The van der Waals surface area contributed by atoms with Gasteiger partial charge in [-0.2, -0.15) is 18.3 Å². The fourth-order valence-electron chi connectivity index (χ4n) is 2.21. The van der Waals surface area contributed by atoms with Crippen molar-refractivity contribution < 1.29 is 23.1 Å². The molecule has 1 heterocycles. The van der Waals surface area contributed by atoms with Gasteiger partial charge in [-0.25, -0.2) is 4.79 Å². The van der Waals surface area contributed by atoms with E-state index in [0.717, 1.165) is 4.68 Å². The van der Waals surface area contributed by atoms with Gasteiger partial charge in [0.2, 0.25) is 0 Å². The van der Waals surface area contributed by atoms with Crippen molar-refractivity contribution in [3.05, 3.63) is 53.3 Å². The van der Waals surface area contributed by atoms with Gasteiger partial charge in [-0.3, -0.25) is 4.68 Å². The Morgan fingerprint density at radius 2 is 2.00 bits per heavy atom. The molecule has 0 bridgehead atoms. The molecule has 0 aliphatic rings. The Labute approximate surface area is 136 Å². The van der Waals surface area contributed by atoms with Crippen LogP contribution in [0.15, 0.2) is 36.5 Å². The van der Waals surface area contributed by atoms with Crippen molar-refractivity contribution in [3.8, 4) is 0 Å². The molecule has 2 aromatic rings. The molecule has 1 aromatic carbocycles. The molecule has 0 radical (unpaired) electrons. The Morgan fingerprint density at radius 3 is 2.58 bits per heavy atom. The number of hydrogen-bond donors (Lipinski definition) is 3. The number of hydrogen-bond acceptors (Lipinski definition) is 3. The largest absolute Gasteiger partial charge is 0.435 e. The molecule has 0 fully saturated rings. The predicted octanol–water partition coefficient (Wildman–Crippen LogP) is 1.97. The van der Waals surface area contributed by atoms with Gasteiger partial charge < -0.3 is 15.7 Å². The highest BCUT2D eigenvalue weighted by Crippen LogP contribution is 2.30. The van der Waals surface area contributed by atoms with Gasteiger partial charge in [0.15, 0.2) is 5.69 Å². The number of rotatable bonds is 5. The minimum absolute atomic E-state index is 0.139. The molecule has 24 heavy (non-hydrogen) atoms. The lowest BCUT2D eigenvalue weighted by atomic mass is 10.1. The molecular formula is C15H17F3N4O2. The van der Waals surface area contributed by atoms with Crippen LogP contribution in [0, 0.1) is 0 Å². The molecule has 2 amide bonds. The molecule has 130 valence electrons. The molecule has 0 saturated carbocycles. The van der Waals surface area contributed by atoms with Crippen LogP contribution in [0.25, 0.3) is 0 Å². The maximum atomic E-state index is 12.8. The minimum Gasteiger partial charge on any atom is -0.394 e. The van der Waals surface area contributed by atoms with E-state index in [0.29, 0.717) is 5.56 Å². The first-order valence-corrected chi connectivity index (χ1v) is 7.11. The standard InChI is InChI=1S/C15H17F3N4O2/c1-22-8-11(13(21-22)15(16,17)18)7-19-14(24)20-12(9-23)10-5-3-2-4-6-10/h2-6,8,12,23H,7,9H2,1H3,(H2,19,20,24). The third kappa shape index (κ3) is 4.48. The fraction of sp³-hybridized carbons (Fsp3) is 0.333. The number of aliphatic hydroxyl groups is 1. The van der Waals surface area contributed by atoms with Crippen molar-refractivity contribution in [2.24, 2.45) is 7.05 Å². The number of benzene rings is 1. The molecular weight excluding hydrogens is 325 g/mol. The van der Waals surface area contributed by atoms with Crippen LogP contribution >= 0.6 is 0 Å². The van der Waals surface area contributed by atoms with Crippen molar-refractivity contribution in [1.29, 1.82) is 0 Å². The first-order chi connectivity index (χ1) is 11.3. The van der Waals surface area contributed by atoms with E-state index in [9.17, 15) is 23.1 Å². The lowest BCUT2D eigenvalue weighted by molar-refractivity contribution is -0.142. The normalized spacial score (nSPS) is 12.7. The SMILES string of the molecule is Cn1cc(CNC(=O)NC(CO)c2ccccc2)c(C(F)(F)F)n1. The molecule has 6 nitrogen and oxygen atoms in total. The second-order valence-corrected chi connectivity index (χ2v) is 5.15. The van der Waals surface area contributed by atoms with E-state index in [4.69, 9.17) is 0 Å². The van der Waals surface area contributed by atoms with Crippen LogP contribution < -0.4 is 10.6 Å². The zero-order valence-electron chi connectivity index (χ0n) is 12.8. The summed E-state index contributed by atoms with van der Waals surface area (Å²) in [5, 5.41) is 17.6. The third-order valence-electron chi connectivity index (χ3n) is 3.30. The van der Waals surface area contributed by atoms with Crippen molar-refractivity contribution in [2.75, 3.05) is 6.61 Å². The number of aromatic nitrogens is 2. The number of aryl methyl sites for hydroxylation is 1. The van der Waals surface area contributed by atoms with Gasteiger partial charge in [-0.1, -0.05) is 30.3 Å². The average Bonchev–Trinajstić information content (AvgIpc) is 2.92. The third-order valence-corrected chi connectivity index (χ3v) is 3.30. The van der Waals surface area contributed by atoms with E-state index in [2.05, 4.69) is 15.7 Å². The number of amides is 2. The Bertz CT molecular complexity index is 686. The summed E-state index contributed by atoms with van der Waals surface area (Å²) in [6.07, 6.45) is -3.39. The Kier molecular flexibility index (Phi) is 5.45. The smallest absolute Gasteiger partial charge is 0.394 e. The van der Waals surface area contributed by atoms with Crippen LogP contribution in [-0.2, 0) is 19.8 Å². The van der Waals surface area contributed by atoms with Crippen LogP contribution in [0.4, 0.5) is 18.0 Å². The maximum Gasteiger partial charge on any atom is 0.435 e. The van der Waals surface area contributed by atoms with Crippen LogP contribution in [0.5, 0.6) is 0 Å². The minimum atomic E-state index is -4.59. The molecule has 3 N–H and O–H groups in total. The quantitative estimate of drug-likeness (QED) is 0.777. The van der Waals surface area contributed by atoms with Gasteiger partial charge in [0.25, 0.3) is 0 Å². The van der Waals surface area contributed by atoms with Crippen molar-refractivity contribution in [3.63, 3.8) is 0 Å². The number of carbonyl (C=O) groups is 1. The van der Waals surface area contributed by atoms with E-state index in [1.165, 1.54) is 13.2 Å². The van der Waals surface area contributed by atoms with E-state index in [-0.39, 0.29) is 18.7 Å². The number of halogens is 3. The zero-order valence-corrected chi connectivity index (χ0v) is 12.8. The molecule has 0 spiro atoms. The van der Waals surface area contributed by atoms with Gasteiger partial charge in [-0.15, -0.1) is 0 Å². The lowest BCUT2D eigenvalue weighted by Gasteiger charge is -2.17. The molecule has 2 rings (SSSR count). The number of aliphatic hydroxyl groups excluding tert-OH is 1. The Hall–Kier alpha value is -2.55. The summed E-state index contributed by atoms with van der Waals surface area (Å²) in [6.45, 7) is -0.667. The summed E-state index contributed by atoms with van der Waals surface area (Å²) >= 11 is 0. The van der Waals surface area contributed by atoms with Gasteiger partial charge in [-0.05, 0) is 5.56 Å². The number of nitrogens with zero attached hydrogens (tertiary/aromatic N) is 2. The highest BCUT2D eigenvalue weighted by molar-refractivity contribution is 5.74. The summed E-state index contributed by atoms with van der Waals surface area (Å²) in [4.78, 5) is 11.9. The Morgan fingerprint density at radius 1 is 1.33 bits per heavy atom. The van der Waals surface area contributed by atoms with Gasteiger partial charge >= 0.3 is 12.2 Å². The number of urea groups is 1. The van der Waals surface area contributed by atoms with Crippen molar-refractivity contribution in [1.82, 2.24) is 20.4 Å². The van der Waals surface area contributed by atoms with E-state index < -0.39 is 23.9 Å². The topological polar surface area (TPSA) is 79.2 Å². The molecule has 9 heteroatoms. The summed E-state index contributed by atoms with van der Waals surface area (Å²) in [7, 11) is 1.37. The summed E-state index contributed by atoms with van der Waals surface area (Å²) in [5.41, 5.74) is -0.486. The number of nitrogens with one attached hydrogen (secondary N) is 2. The highest BCUT2D eigenvalue weighted by Gasteiger charge is 2.36. The second kappa shape index (κ2) is 7.35. The highest BCUT2D eigenvalue weighted by atomic mass is 19.4. The van der Waals surface area contributed by atoms with Gasteiger partial charge in [0.05, 0.1) is 12.6 Å². The van der Waals surface area contributed by atoms with Gasteiger partial charge in [0, 0.05) is 25.4 Å². The van der Waals surface area contributed by atoms with Crippen LogP contribution in [0.2, 0.25) is 0 Å². The molecule has 0 saturated heterocycles. The second-order valence-electron chi connectivity index (χ2n) is 5.15. The molecule has 0 aliphatic carbocycles.